The summed E-state index contributed by atoms with van der Waals surface area (Å²) < 4.78 is 53.5. The minimum absolute atomic E-state index is 0.0305. The Morgan fingerprint density at radius 3 is 2.37 bits per heavy atom. The summed E-state index contributed by atoms with van der Waals surface area (Å²) in [6, 6.07) is 14.7. The normalized spacial score (nSPS) is 17.3. The van der Waals surface area contributed by atoms with Crippen LogP contribution in [-0.2, 0) is 7.05 Å². The summed E-state index contributed by atoms with van der Waals surface area (Å²) in [5.41, 5.74) is 4.50. The minimum atomic E-state index is -1.16. The molecule has 0 aliphatic heterocycles. The summed E-state index contributed by atoms with van der Waals surface area (Å²) in [6.07, 6.45) is 5.62. The molecule has 0 N–H and O–H groups in total. The lowest BCUT2D eigenvalue weighted by atomic mass is 9.83. The van der Waals surface area contributed by atoms with Crippen molar-refractivity contribution >= 4 is 21.9 Å². The Hall–Kier alpha value is -3.90. The number of nitriles is 1. The summed E-state index contributed by atoms with van der Waals surface area (Å²) >= 11 is 0. The van der Waals surface area contributed by atoms with Gasteiger partial charge < -0.3 is 4.42 Å². The lowest BCUT2D eigenvalue weighted by Crippen LogP contribution is -2.30. The molecule has 172 valence electrons. The van der Waals surface area contributed by atoms with Crippen molar-refractivity contribution in [1.82, 2.24) is 0 Å². The topological polar surface area (TPSA) is 40.8 Å². The Bertz CT molecular complexity index is 1850. The van der Waals surface area contributed by atoms with Gasteiger partial charge in [0, 0.05) is 29.8 Å². The van der Waals surface area contributed by atoms with Crippen LogP contribution >= 0.6 is 0 Å². The van der Waals surface area contributed by atoms with Crippen molar-refractivity contribution in [3.8, 4) is 28.5 Å². The highest BCUT2D eigenvalue weighted by Crippen LogP contribution is 2.42. The Morgan fingerprint density at radius 2 is 1.66 bits per heavy atom. The molecular weight excluding hydrogens is 428 g/mol. The Morgan fingerprint density at radius 1 is 0.943 bits per heavy atom. The number of furan rings is 1. The number of benzene rings is 3. The van der Waals surface area contributed by atoms with Gasteiger partial charge in [-0.05, 0) is 60.5 Å². The monoisotopic (exact) mass is 462 g/mol. The molecule has 0 saturated heterocycles. The first-order chi connectivity index (χ1) is 19.2. The molecule has 3 heteroatoms. The number of hydrogen-bond acceptors (Lipinski definition) is 2. The van der Waals surface area contributed by atoms with Crippen molar-refractivity contribution in [2.75, 3.05) is 0 Å². The molecule has 0 bridgehead atoms. The maximum absolute atomic E-state index is 10.1. The Balaban J connectivity index is 1.70. The molecule has 1 saturated carbocycles. The van der Waals surface area contributed by atoms with Crippen LogP contribution in [0.15, 0.2) is 77.2 Å². The number of hydrogen-bond donors (Lipinski definition) is 0. The molecule has 2 heterocycles. The first-order valence-electron chi connectivity index (χ1n) is 14.6. The van der Waals surface area contributed by atoms with E-state index in [1.807, 2.05) is 61.1 Å². The average molecular weight is 463 g/mol. The fourth-order valence-corrected chi connectivity index (χ4v) is 5.29. The smallest absolute Gasteiger partial charge is 0.216 e. The van der Waals surface area contributed by atoms with E-state index in [9.17, 15) is 5.26 Å². The van der Waals surface area contributed by atoms with Crippen molar-refractivity contribution in [2.24, 2.45) is 7.05 Å². The third-order valence-corrected chi connectivity index (χ3v) is 7.14. The zero-order chi connectivity index (χ0) is 28.3. The van der Waals surface area contributed by atoms with Crippen LogP contribution < -0.4 is 4.57 Å². The fraction of sp³-hybridized carbons (Fsp3) is 0.250. The third kappa shape index (κ3) is 3.61. The standard InChI is InChI=1S/C32H29N2O/c1-21-11-17-26-27-18-16-25(20-33)30(24-14-12-23(13-15-24)22-8-4-3-5-9-22)32(27)35-31(26)29(21)28-10-6-7-19-34(28)2/h6-7,10-19,22H,3-5,8-9H2,1-2H3/q+1/i12D,13D,14D,15D,22D. The summed E-state index contributed by atoms with van der Waals surface area (Å²) in [4.78, 5) is 0. The number of nitrogens with zero attached hydrogens (tertiary/aromatic N) is 2. The molecule has 3 nitrogen and oxygen atoms in total. The van der Waals surface area contributed by atoms with E-state index in [0.29, 0.717) is 24.0 Å². The van der Waals surface area contributed by atoms with E-state index < -0.39 is 5.89 Å². The highest BCUT2D eigenvalue weighted by atomic mass is 16.3. The second kappa shape index (κ2) is 8.71. The number of rotatable bonds is 3. The van der Waals surface area contributed by atoms with Gasteiger partial charge in [0.15, 0.2) is 6.20 Å². The van der Waals surface area contributed by atoms with Crippen LogP contribution in [0.1, 0.15) is 61.5 Å². The predicted octanol–water partition coefficient (Wildman–Crippen LogP) is 7.97. The predicted molar refractivity (Wildman–Crippen MR) is 141 cm³/mol. The largest absolute Gasteiger partial charge is 0.454 e. The quantitative estimate of drug-likeness (QED) is 0.255. The molecule has 3 aromatic carbocycles. The summed E-state index contributed by atoms with van der Waals surface area (Å²) in [6.45, 7) is 2.01. The summed E-state index contributed by atoms with van der Waals surface area (Å²) in [5.74, 6) is -1.16. The molecule has 5 aromatic rings. The highest BCUT2D eigenvalue weighted by Gasteiger charge is 2.23. The van der Waals surface area contributed by atoms with Crippen molar-refractivity contribution < 1.29 is 15.8 Å². The SMILES string of the molecule is [2H]c1c([2H])c(C2([2H])CCCCC2)c([2H])c([2H])c1-c1c(C#N)ccc2c1oc1c(-c3cccc[n+]3C)c(C)ccc12. The third-order valence-electron chi connectivity index (χ3n) is 7.14. The van der Waals surface area contributed by atoms with E-state index in [-0.39, 0.29) is 46.4 Å². The Kier molecular flexibility index (Phi) is 4.15. The molecule has 1 fully saturated rings. The number of aryl methyl sites for hydroxylation is 2. The van der Waals surface area contributed by atoms with Gasteiger partial charge in [-0.25, -0.2) is 4.57 Å². The van der Waals surface area contributed by atoms with Crippen LogP contribution in [0.4, 0.5) is 0 Å². The zero-order valence-electron chi connectivity index (χ0n) is 25.0. The molecule has 2 aromatic heterocycles. The summed E-state index contributed by atoms with van der Waals surface area (Å²) in [7, 11) is 1.96. The van der Waals surface area contributed by atoms with E-state index in [4.69, 9.17) is 11.3 Å². The maximum atomic E-state index is 10.1. The molecular formula is C32H29N2O+. The van der Waals surface area contributed by atoms with Gasteiger partial charge in [0.2, 0.25) is 5.69 Å². The van der Waals surface area contributed by atoms with E-state index in [2.05, 4.69) is 6.07 Å². The molecule has 1 aliphatic carbocycles. The second-order valence-electron chi connectivity index (χ2n) is 9.32. The van der Waals surface area contributed by atoms with Crippen LogP contribution in [-0.4, -0.2) is 0 Å². The number of aromatic nitrogens is 1. The molecule has 0 unspecified atom stereocenters. The fourth-order valence-electron chi connectivity index (χ4n) is 5.29. The van der Waals surface area contributed by atoms with Gasteiger partial charge in [-0.2, -0.15) is 5.26 Å². The van der Waals surface area contributed by atoms with E-state index in [1.54, 1.807) is 6.07 Å². The van der Waals surface area contributed by atoms with Gasteiger partial charge in [-0.1, -0.05) is 55.6 Å². The van der Waals surface area contributed by atoms with Gasteiger partial charge in [-0.15, -0.1) is 0 Å². The van der Waals surface area contributed by atoms with Crippen molar-refractivity contribution in [2.45, 2.75) is 44.9 Å². The minimum Gasteiger partial charge on any atom is -0.454 e. The van der Waals surface area contributed by atoms with Crippen molar-refractivity contribution in [3.63, 3.8) is 0 Å². The van der Waals surface area contributed by atoms with Gasteiger partial charge in [-0.3, -0.25) is 0 Å². The van der Waals surface area contributed by atoms with E-state index in [0.717, 1.165) is 46.9 Å². The van der Waals surface area contributed by atoms with E-state index >= 15 is 0 Å². The number of pyridine rings is 1. The first-order valence-corrected chi connectivity index (χ1v) is 12.1. The molecule has 35 heavy (non-hydrogen) atoms. The lowest BCUT2D eigenvalue weighted by molar-refractivity contribution is -0.660. The van der Waals surface area contributed by atoms with Gasteiger partial charge >= 0.3 is 0 Å². The molecule has 0 spiro atoms. The van der Waals surface area contributed by atoms with Gasteiger partial charge in [0.25, 0.3) is 0 Å². The summed E-state index contributed by atoms with van der Waals surface area (Å²) in [5, 5.41) is 11.7. The average Bonchev–Trinajstić information content (AvgIpc) is 3.32. The van der Waals surface area contributed by atoms with E-state index in [1.165, 1.54) is 0 Å². The maximum Gasteiger partial charge on any atom is 0.216 e. The molecule has 0 atom stereocenters. The zero-order valence-corrected chi connectivity index (χ0v) is 20.0. The van der Waals surface area contributed by atoms with Gasteiger partial charge in [0.1, 0.15) is 18.2 Å². The molecule has 0 amide bonds. The Labute approximate surface area is 213 Å². The molecule has 1 aliphatic rings. The van der Waals surface area contributed by atoms with Crippen LogP contribution in [0.2, 0.25) is 0 Å². The van der Waals surface area contributed by atoms with Crippen LogP contribution in [0.3, 0.4) is 0 Å². The van der Waals surface area contributed by atoms with Gasteiger partial charge in [0.05, 0.1) is 22.7 Å². The first kappa shape index (κ1) is 16.7. The van der Waals surface area contributed by atoms with Crippen LogP contribution in [0.25, 0.3) is 44.3 Å². The van der Waals surface area contributed by atoms with Crippen LogP contribution in [0.5, 0.6) is 0 Å². The number of fused-ring (bicyclic) bond motifs is 3. The second-order valence-corrected chi connectivity index (χ2v) is 9.32. The van der Waals surface area contributed by atoms with Crippen molar-refractivity contribution in [1.29, 1.82) is 5.26 Å². The molecule has 0 radical (unpaired) electrons. The van der Waals surface area contributed by atoms with Crippen LogP contribution in [0, 0.1) is 18.3 Å². The highest BCUT2D eigenvalue weighted by molar-refractivity contribution is 6.13. The molecule has 6 rings (SSSR count). The van der Waals surface area contributed by atoms with Crippen molar-refractivity contribution in [3.05, 3.63) is 89.5 Å². The lowest BCUT2D eigenvalue weighted by Gasteiger charge is -2.22.